The number of amides is 1. The van der Waals surface area contributed by atoms with Crippen LogP contribution in [-0.2, 0) is 11.3 Å². The number of thiazole rings is 1. The van der Waals surface area contributed by atoms with E-state index in [4.69, 9.17) is 30.8 Å². The van der Waals surface area contributed by atoms with Crippen LogP contribution in [0.15, 0.2) is 60.7 Å². The first-order valence-electron chi connectivity index (χ1n) is 10.8. The highest BCUT2D eigenvalue weighted by Gasteiger charge is 2.20. The van der Waals surface area contributed by atoms with Gasteiger partial charge in [0.15, 0.2) is 16.6 Å². The maximum absolute atomic E-state index is 13.5. The number of aromatic nitrogens is 1. The highest BCUT2D eigenvalue weighted by Crippen LogP contribution is 2.39. The number of methoxy groups -OCH3 is 3. The second-order valence-electron chi connectivity index (χ2n) is 7.74. The average molecular weight is 509 g/mol. The molecule has 0 unspecified atom stereocenters. The zero-order valence-corrected chi connectivity index (χ0v) is 21.4. The van der Waals surface area contributed by atoms with Crippen molar-refractivity contribution in [1.29, 1.82) is 0 Å². The molecule has 0 N–H and O–H groups in total. The Morgan fingerprint density at radius 1 is 1.03 bits per heavy atom. The third-order valence-electron chi connectivity index (χ3n) is 5.47. The van der Waals surface area contributed by atoms with Gasteiger partial charge < -0.3 is 14.2 Å². The fraction of sp³-hybridized carbons (Fsp3) is 0.185. The van der Waals surface area contributed by atoms with Crippen molar-refractivity contribution in [2.24, 2.45) is 0 Å². The Morgan fingerprint density at radius 3 is 2.31 bits per heavy atom. The molecule has 0 aliphatic heterocycles. The first-order valence-corrected chi connectivity index (χ1v) is 12.0. The van der Waals surface area contributed by atoms with Gasteiger partial charge in [-0.2, -0.15) is 0 Å². The van der Waals surface area contributed by atoms with Gasteiger partial charge in [0.1, 0.15) is 0 Å². The Morgan fingerprint density at radius 2 is 1.71 bits per heavy atom. The van der Waals surface area contributed by atoms with Gasteiger partial charge in [0.25, 0.3) is 5.91 Å². The molecule has 180 valence electrons. The molecule has 0 bridgehead atoms. The SMILES string of the molecule is COc1cc(/C=C/C(=O)N(Cc2ccccc2)c2nc3c(C)ccc(Cl)c3s2)cc(OC)c1OC. The molecule has 0 spiro atoms. The van der Waals surface area contributed by atoms with Crippen molar-refractivity contribution in [3.05, 3.63) is 82.4 Å². The lowest BCUT2D eigenvalue weighted by Gasteiger charge is -2.18. The summed E-state index contributed by atoms with van der Waals surface area (Å²) in [5.74, 6) is 1.30. The summed E-state index contributed by atoms with van der Waals surface area (Å²) in [5.41, 5.74) is 3.53. The van der Waals surface area contributed by atoms with Crippen LogP contribution in [0.2, 0.25) is 5.02 Å². The minimum absolute atomic E-state index is 0.213. The van der Waals surface area contributed by atoms with E-state index in [0.29, 0.717) is 33.9 Å². The van der Waals surface area contributed by atoms with E-state index in [1.807, 2.05) is 49.4 Å². The number of aryl methyl sites for hydroxylation is 1. The molecule has 1 aromatic heterocycles. The van der Waals surface area contributed by atoms with E-state index in [-0.39, 0.29) is 5.91 Å². The lowest BCUT2D eigenvalue weighted by atomic mass is 10.1. The molecule has 1 heterocycles. The van der Waals surface area contributed by atoms with Gasteiger partial charge in [0, 0.05) is 6.08 Å². The van der Waals surface area contributed by atoms with E-state index in [2.05, 4.69) is 0 Å². The first-order chi connectivity index (χ1) is 16.9. The van der Waals surface area contributed by atoms with Gasteiger partial charge in [-0.05, 0) is 47.9 Å². The molecule has 0 fully saturated rings. The summed E-state index contributed by atoms with van der Waals surface area (Å²) in [7, 11) is 4.66. The topological polar surface area (TPSA) is 60.9 Å². The molecule has 35 heavy (non-hydrogen) atoms. The molecule has 0 saturated carbocycles. The molecule has 3 aromatic carbocycles. The second kappa shape index (κ2) is 10.8. The van der Waals surface area contributed by atoms with Crippen LogP contribution in [-0.4, -0.2) is 32.2 Å². The lowest BCUT2D eigenvalue weighted by molar-refractivity contribution is -0.114. The third-order valence-corrected chi connectivity index (χ3v) is 7.01. The van der Waals surface area contributed by atoms with Gasteiger partial charge in [0.05, 0.1) is 43.1 Å². The van der Waals surface area contributed by atoms with E-state index >= 15 is 0 Å². The Balaban J connectivity index is 1.72. The van der Waals surface area contributed by atoms with Crippen molar-refractivity contribution in [3.8, 4) is 17.2 Å². The number of anilines is 1. The zero-order valence-electron chi connectivity index (χ0n) is 19.9. The molecule has 4 aromatic rings. The van der Waals surface area contributed by atoms with Crippen molar-refractivity contribution in [3.63, 3.8) is 0 Å². The van der Waals surface area contributed by atoms with Crippen LogP contribution in [0.1, 0.15) is 16.7 Å². The van der Waals surface area contributed by atoms with Gasteiger partial charge in [0.2, 0.25) is 5.75 Å². The largest absolute Gasteiger partial charge is 0.493 e. The van der Waals surface area contributed by atoms with Crippen molar-refractivity contribution >= 4 is 50.3 Å². The smallest absolute Gasteiger partial charge is 0.253 e. The van der Waals surface area contributed by atoms with Crippen LogP contribution in [0.25, 0.3) is 16.3 Å². The number of rotatable bonds is 8. The zero-order chi connectivity index (χ0) is 24.9. The van der Waals surface area contributed by atoms with Crippen LogP contribution in [0.4, 0.5) is 5.13 Å². The van der Waals surface area contributed by atoms with Crippen LogP contribution in [0.5, 0.6) is 17.2 Å². The maximum Gasteiger partial charge on any atom is 0.253 e. The Kier molecular flexibility index (Phi) is 7.58. The van der Waals surface area contributed by atoms with Gasteiger partial charge >= 0.3 is 0 Å². The molecule has 0 aliphatic carbocycles. The summed E-state index contributed by atoms with van der Waals surface area (Å²) in [5, 5.41) is 1.20. The van der Waals surface area contributed by atoms with Gasteiger partial charge in [-0.15, -0.1) is 0 Å². The molecular weight excluding hydrogens is 484 g/mol. The van der Waals surface area contributed by atoms with Gasteiger partial charge in [-0.3, -0.25) is 9.69 Å². The predicted octanol–water partition coefficient (Wildman–Crippen LogP) is 6.53. The third kappa shape index (κ3) is 5.26. The second-order valence-corrected chi connectivity index (χ2v) is 9.13. The summed E-state index contributed by atoms with van der Waals surface area (Å²) in [4.78, 5) is 19.9. The van der Waals surface area contributed by atoms with Crippen molar-refractivity contribution in [2.45, 2.75) is 13.5 Å². The van der Waals surface area contributed by atoms with Crippen LogP contribution in [0, 0.1) is 6.92 Å². The Hall–Kier alpha value is -3.55. The number of ether oxygens (including phenoxy) is 3. The number of halogens is 1. The van der Waals surface area contributed by atoms with E-state index < -0.39 is 0 Å². The summed E-state index contributed by atoms with van der Waals surface area (Å²) in [6.07, 6.45) is 3.24. The molecule has 6 nitrogen and oxygen atoms in total. The number of nitrogens with zero attached hydrogens (tertiary/aromatic N) is 2. The number of fused-ring (bicyclic) bond motifs is 1. The minimum Gasteiger partial charge on any atom is -0.493 e. The first kappa shape index (κ1) is 24.6. The molecule has 0 saturated heterocycles. The van der Waals surface area contributed by atoms with Crippen LogP contribution < -0.4 is 19.1 Å². The van der Waals surface area contributed by atoms with Crippen molar-refractivity contribution in [2.75, 3.05) is 26.2 Å². The standard InChI is InChI=1S/C27H25ClN2O4S/c1-17-10-12-20(28)26-24(17)29-27(35-26)30(16-18-8-6-5-7-9-18)23(31)13-11-19-14-21(32-2)25(34-4)22(15-19)33-3/h5-15H,16H2,1-4H3/b13-11+. The van der Waals surface area contributed by atoms with Crippen LogP contribution in [0.3, 0.4) is 0 Å². The molecule has 4 rings (SSSR count). The predicted molar refractivity (Wildman–Crippen MR) is 142 cm³/mol. The minimum atomic E-state index is -0.213. The van der Waals surface area contributed by atoms with E-state index in [0.717, 1.165) is 26.9 Å². The molecule has 0 aliphatic rings. The summed E-state index contributed by atoms with van der Waals surface area (Å²) in [6, 6.07) is 17.2. The average Bonchev–Trinajstić information content (AvgIpc) is 3.34. The summed E-state index contributed by atoms with van der Waals surface area (Å²) < 4.78 is 17.1. The van der Waals surface area contributed by atoms with Crippen molar-refractivity contribution < 1.29 is 19.0 Å². The summed E-state index contributed by atoms with van der Waals surface area (Å²) >= 11 is 7.83. The number of carbonyl (C=O) groups is 1. The number of carbonyl (C=O) groups excluding carboxylic acids is 1. The van der Waals surface area contributed by atoms with Crippen molar-refractivity contribution in [1.82, 2.24) is 4.98 Å². The molecule has 1 amide bonds. The van der Waals surface area contributed by atoms with Crippen LogP contribution >= 0.6 is 22.9 Å². The van der Waals surface area contributed by atoms with E-state index in [9.17, 15) is 4.79 Å². The number of benzene rings is 3. The molecule has 8 heteroatoms. The normalized spacial score (nSPS) is 11.1. The number of hydrogen-bond donors (Lipinski definition) is 0. The molecule has 0 radical (unpaired) electrons. The monoisotopic (exact) mass is 508 g/mol. The van der Waals surface area contributed by atoms with Gasteiger partial charge in [-0.25, -0.2) is 4.98 Å². The quantitative estimate of drug-likeness (QED) is 0.253. The Bertz CT molecular complexity index is 1320. The lowest BCUT2D eigenvalue weighted by Crippen LogP contribution is -2.28. The fourth-order valence-corrected chi connectivity index (χ4v) is 4.99. The maximum atomic E-state index is 13.5. The number of hydrogen-bond acceptors (Lipinski definition) is 6. The van der Waals surface area contributed by atoms with E-state index in [1.54, 1.807) is 44.4 Å². The van der Waals surface area contributed by atoms with E-state index in [1.165, 1.54) is 17.4 Å². The highest BCUT2D eigenvalue weighted by atomic mass is 35.5. The summed E-state index contributed by atoms with van der Waals surface area (Å²) in [6.45, 7) is 2.35. The fourth-order valence-electron chi connectivity index (χ4n) is 3.67. The molecular formula is C27H25ClN2O4S. The highest BCUT2D eigenvalue weighted by molar-refractivity contribution is 7.23. The van der Waals surface area contributed by atoms with Gasteiger partial charge in [-0.1, -0.05) is 59.3 Å². The molecule has 0 atom stereocenters. The Labute approximate surface area is 213 Å².